The molecule has 3 rings (SSSR count). The quantitative estimate of drug-likeness (QED) is 0.452. The Morgan fingerprint density at radius 3 is 2.18 bits per heavy atom. The SMILES string of the molecule is CC.CC(=O)N1CCN(C(=O)OC(C)(C)C)CC1c1cc(Cl)nc(B2OC(C)(C)C(C)(C)O2)c1. The number of ether oxygens (including phenoxy) is 1. The monoisotopic (exact) mass is 495 g/mol. The number of rotatable bonds is 2. The zero-order valence-electron chi connectivity index (χ0n) is 22.2. The zero-order chi connectivity index (χ0) is 26.1. The summed E-state index contributed by atoms with van der Waals surface area (Å²) in [6, 6.07) is 3.17. The van der Waals surface area contributed by atoms with Gasteiger partial charge in [0.2, 0.25) is 5.91 Å². The number of halogens is 1. The van der Waals surface area contributed by atoms with Crippen molar-refractivity contribution in [2.24, 2.45) is 0 Å². The first-order valence-corrected chi connectivity index (χ1v) is 12.3. The number of hydrogen-bond acceptors (Lipinski definition) is 6. The van der Waals surface area contributed by atoms with Gasteiger partial charge in [0.15, 0.2) is 0 Å². The highest BCUT2D eigenvalue weighted by atomic mass is 35.5. The van der Waals surface area contributed by atoms with Crippen LogP contribution in [-0.2, 0) is 18.8 Å². The summed E-state index contributed by atoms with van der Waals surface area (Å²) in [6.07, 6.45) is -0.406. The molecular weight excluding hydrogens is 457 g/mol. The van der Waals surface area contributed by atoms with Gasteiger partial charge in [-0.1, -0.05) is 25.4 Å². The van der Waals surface area contributed by atoms with Crippen molar-refractivity contribution in [2.75, 3.05) is 19.6 Å². The molecule has 2 fully saturated rings. The van der Waals surface area contributed by atoms with Crippen LogP contribution in [0.5, 0.6) is 0 Å². The fourth-order valence-corrected chi connectivity index (χ4v) is 3.98. The third-order valence-corrected chi connectivity index (χ3v) is 6.35. The third-order valence-electron chi connectivity index (χ3n) is 6.15. The molecule has 0 aromatic carbocycles. The van der Waals surface area contributed by atoms with E-state index >= 15 is 0 Å². The standard InChI is InChI=1S/C22H33BClN3O5.C2H6/c1-14(28)27-10-9-26(19(29)30-20(2,3)4)13-16(27)15-11-17(25-18(24)12-15)23-31-21(5,6)22(7,8)32-23;1-2/h11-12,16H,9-10,13H2,1-8H3;1-2H3. The van der Waals surface area contributed by atoms with Gasteiger partial charge in [0, 0.05) is 26.6 Å². The van der Waals surface area contributed by atoms with Gasteiger partial charge in [0.05, 0.1) is 22.8 Å². The lowest BCUT2D eigenvalue weighted by Gasteiger charge is -2.41. The van der Waals surface area contributed by atoms with Crippen molar-refractivity contribution in [2.45, 2.75) is 92.1 Å². The van der Waals surface area contributed by atoms with Crippen LogP contribution < -0.4 is 5.59 Å². The van der Waals surface area contributed by atoms with Crippen molar-refractivity contribution < 1.29 is 23.6 Å². The Hall–Kier alpha value is -1.84. The highest BCUT2D eigenvalue weighted by molar-refractivity contribution is 6.61. The molecule has 2 amide bonds. The van der Waals surface area contributed by atoms with E-state index < -0.39 is 36.1 Å². The largest absolute Gasteiger partial charge is 0.514 e. The first kappa shape index (κ1) is 28.4. The fourth-order valence-electron chi connectivity index (χ4n) is 3.75. The first-order chi connectivity index (χ1) is 15.6. The van der Waals surface area contributed by atoms with Crippen LogP contribution >= 0.6 is 11.6 Å². The number of hydrogen-bond donors (Lipinski definition) is 0. The molecule has 1 unspecified atom stereocenters. The summed E-state index contributed by atoms with van der Waals surface area (Å²) in [5, 5.41) is 0.269. The Morgan fingerprint density at radius 1 is 1.12 bits per heavy atom. The van der Waals surface area contributed by atoms with Crippen LogP contribution in [0.1, 0.15) is 80.8 Å². The van der Waals surface area contributed by atoms with Crippen molar-refractivity contribution in [3.05, 3.63) is 22.8 Å². The van der Waals surface area contributed by atoms with E-state index in [1.165, 1.54) is 6.92 Å². The molecule has 1 aromatic heterocycles. The summed E-state index contributed by atoms with van der Waals surface area (Å²) in [5.74, 6) is -0.0797. The molecule has 34 heavy (non-hydrogen) atoms. The van der Waals surface area contributed by atoms with Gasteiger partial charge in [-0.2, -0.15) is 0 Å². The molecule has 8 nitrogen and oxygen atoms in total. The van der Waals surface area contributed by atoms with Crippen LogP contribution in [0.25, 0.3) is 0 Å². The van der Waals surface area contributed by atoms with E-state index in [0.717, 1.165) is 5.56 Å². The van der Waals surface area contributed by atoms with Crippen molar-refractivity contribution in [3.63, 3.8) is 0 Å². The van der Waals surface area contributed by atoms with E-state index in [1.54, 1.807) is 15.9 Å². The molecule has 0 saturated carbocycles. The minimum absolute atomic E-state index is 0.0797. The Bertz CT molecular complexity index is 887. The minimum atomic E-state index is -0.686. The van der Waals surface area contributed by atoms with Crippen molar-refractivity contribution in [1.29, 1.82) is 0 Å². The highest BCUT2D eigenvalue weighted by Crippen LogP contribution is 2.37. The molecule has 0 aliphatic carbocycles. The molecule has 0 radical (unpaired) electrons. The second-order valence-electron chi connectivity index (χ2n) is 10.4. The van der Waals surface area contributed by atoms with Crippen LogP contribution in [0.3, 0.4) is 0 Å². The van der Waals surface area contributed by atoms with E-state index in [9.17, 15) is 9.59 Å². The molecule has 190 valence electrons. The van der Waals surface area contributed by atoms with E-state index in [-0.39, 0.29) is 17.6 Å². The summed E-state index contributed by atoms with van der Waals surface area (Å²) in [4.78, 5) is 32.8. The van der Waals surface area contributed by atoms with Crippen molar-refractivity contribution in [3.8, 4) is 0 Å². The molecule has 1 atom stereocenters. The van der Waals surface area contributed by atoms with Crippen LogP contribution in [0.4, 0.5) is 4.79 Å². The van der Waals surface area contributed by atoms with E-state index in [1.807, 2.05) is 68.4 Å². The number of pyridine rings is 1. The summed E-state index contributed by atoms with van der Waals surface area (Å²) < 4.78 is 17.8. The van der Waals surface area contributed by atoms with E-state index in [4.69, 9.17) is 25.6 Å². The van der Waals surface area contributed by atoms with E-state index in [2.05, 4.69) is 4.98 Å². The molecule has 1 aromatic rings. The van der Waals surface area contributed by atoms with Crippen LogP contribution in [-0.4, -0.2) is 70.3 Å². The average Bonchev–Trinajstić information content (AvgIpc) is 2.94. The maximum absolute atomic E-state index is 12.7. The Labute approximate surface area is 209 Å². The van der Waals surface area contributed by atoms with Gasteiger partial charge in [0.25, 0.3) is 0 Å². The molecule has 0 bridgehead atoms. The fraction of sp³-hybridized carbons (Fsp3) is 0.708. The van der Waals surface area contributed by atoms with Crippen molar-refractivity contribution >= 4 is 36.3 Å². The molecule has 10 heteroatoms. The molecular formula is C24H39BClN3O5. The summed E-state index contributed by atoms with van der Waals surface area (Å²) in [6.45, 7) is 20.0. The van der Waals surface area contributed by atoms with Gasteiger partial charge in [-0.15, -0.1) is 0 Å². The molecule has 3 heterocycles. The van der Waals surface area contributed by atoms with Gasteiger partial charge in [-0.25, -0.2) is 9.78 Å². The topological polar surface area (TPSA) is 81.2 Å². The third kappa shape index (κ3) is 6.43. The minimum Gasteiger partial charge on any atom is -0.444 e. The lowest BCUT2D eigenvalue weighted by molar-refractivity contribution is -0.134. The number of carbonyl (C=O) groups excluding carboxylic acids is 2. The number of carbonyl (C=O) groups is 2. The zero-order valence-corrected chi connectivity index (χ0v) is 22.9. The Balaban J connectivity index is 0.00000199. The molecule has 2 aliphatic rings. The Kier molecular flexibility index (Phi) is 8.71. The van der Waals surface area contributed by atoms with Gasteiger partial charge in [-0.05, 0) is 66.2 Å². The maximum atomic E-state index is 12.7. The smallest absolute Gasteiger partial charge is 0.444 e. The van der Waals surface area contributed by atoms with Gasteiger partial charge in [0.1, 0.15) is 10.8 Å². The summed E-state index contributed by atoms with van der Waals surface area (Å²) >= 11 is 6.37. The van der Waals surface area contributed by atoms with Gasteiger partial charge < -0.3 is 23.8 Å². The molecule has 0 spiro atoms. The lowest BCUT2D eigenvalue weighted by Crippen LogP contribution is -2.53. The highest BCUT2D eigenvalue weighted by Gasteiger charge is 2.52. The summed E-state index contributed by atoms with van der Waals surface area (Å²) in [7, 11) is -0.686. The number of nitrogens with zero attached hydrogens (tertiary/aromatic N) is 3. The van der Waals surface area contributed by atoms with Crippen molar-refractivity contribution in [1.82, 2.24) is 14.8 Å². The second kappa shape index (κ2) is 10.4. The lowest BCUT2D eigenvalue weighted by atomic mass is 9.82. The van der Waals surface area contributed by atoms with Gasteiger partial charge >= 0.3 is 13.2 Å². The normalized spacial score (nSPS) is 21.6. The van der Waals surface area contributed by atoms with Gasteiger partial charge in [-0.3, -0.25) is 4.79 Å². The number of aromatic nitrogens is 1. The van der Waals surface area contributed by atoms with Crippen LogP contribution in [0.15, 0.2) is 12.1 Å². The predicted molar refractivity (Wildman–Crippen MR) is 134 cm³/mol. The van der Waals surface area contributed by atoms with Crippen LogP contribution in [0, 0.1) is 0 Å². The molecule has 2 saturated heterocycles. The molecule has 0 N–H and O–H groups in total. The van der Waals surface area contributed by atoms with E-state index in [0.29, 0.717) is 18.7 Å². The molecule has 2 aliphatic heterocycles. The first-order valence-electron chi connectivity index (χ1n) is 11.9. The van der Waals surface area contributed by atoms with Crippen LogP contribution in [0.2, 0.25) is 5.15 Å². The summed E-state index contributed by atoms with van der Waals surface area (Å²) in [5.41, 5.74) is -0.354. The number of amides is 2. The second-order valence-corrected chi connectivity index (χ2v) is 10.8. The Morgan fingerprint density at radius 2 is 1.68 bits per heavy atom. The number of piperazine rings is 1. The predicted octanol–water partition coefficient (Wildman–Crippen LogP) is 4.20. The average molecular weight is 496 g/mol. The maximum Gasteiger partial charge on any atom is 0.514 e.